The fourth-order valence-electron chi connectivity index (χ4n) is 2.63. The van der Waals surface area contributed by atoms with Gasteiger partial charge in [0.1, 0.15) is 0 Å². The van der Waals surface area contributed by atoms with E-state index in [4.69, 9.17) is 5.11 Å². The topological polar surface area (TPSA) is 40.5 Å². The van der Waals surface area contributed by atoms with E-state index in [2.05, 4.69) is 19.1 Å². The van der Waals surface area contributed by atoms with Crippen LogP contribution in [0.3, 0.4) is 0 Å². The Morgan fingerprint density at radius 3 is 2.05 bits per heavy atom. The van der Waals surface area contributed by atoms with Gasteiger partial charge in [-0.05, 0) is 31.6 Å². The normalized spacial score (nSPS) is 13.1. The van der Waals surface area contributed by atoms with Crippen LogP contribution in [0, 0.1) is 5.92 Å². The van der Waals surface area contributed by atoms with Crippen molar-refractivity contribution in [1.29, 1.82) is 0 Å². The average molecular weight is 299 g/mol. The third kappa shape index (κ3) is 15.9. The molecule has 0 saturated carbocycles. The largest absolute Gasteiger partial charge is 0.396 e. The molecule has 0 fully saturated rings. The van der Waals surface area contributed by atoms with Crippen LogP contribution in [0.25, 0.3) is 0 Å². The van der Waals surface area contributed by atoms with E-state index in [1.165, 1.54) is 57.8 Å². The highest BCUT2D eigenvalue weighted by atomic mass is 16.3. The van der Waals surface area contributed by atoms with Crippen molar-refractivity contribution in [2.45, 2.75) is 90.4 Å². The summed E-state index contributed by atoms with van der Waals surface area (Å²) in [6.45, 7) is 2.87. The van der Waals surface area contributed by atoms with Gasteiger partial charge in [0, 0.05) is 13.2 Å². The summed E-state index contributed by atoms with van der Waals surface area (Å²) in [5, 5.41) is 18.1. The minimum absolute atomic E-state index is 0.294. The van der Waals surface area contributed by atoms with Gasteiger partial charge in [-0.2, -0.15) is 0 Å². The van der Waals surface area contributed by atoms with Crippen molar-refractivity contribution in [3.8, 4) is 0 Å². The van der Waals surface area contributed by atoms with E-state index in [0.717, 1.165) is 25.7 Å². The molecule has 0 bridgehead atoms. The lowest BCUT2D eigenvalue weighted by molar-refractivity contribution is 0.243. The second-order valence-electron chi connectivity index (χ2n) is 6.21. The van der Waals surface area contributed by atoms with Crippen LogP contribution in [0.1, 0.15) is 90.4 Å². The van der Waals surface area contributed by atoms with Crippen molar-refractivity contribution in [1.82, 2.24) is 0 Å². The molecule has 0 aromatic heterocycles. The number of hydrogen-bond acceptors (Lipinski definition) is 2. The predicted octanol–water partition coefficient (Wildman–Crippen LogP) is 5.23. The van der Waals surface area contributed by atoms with Crippen molar-refractivity contribution >= 4 is 0 Å². The first kappa shape index (κ1) is 20.7. The van der Waals surface area contributed by atoms with Crippen molar-refractivity contribution in [2.75, 3.05) is 13.2 Å². The first-order valence-electron chi connectivity index (χ1n) is 9.23. The van der Waals surface area contributed by atoms with Crippen molar-refractivity contribution < 1.29 is 10.2 Å². The molecule has 0 heterocycles. The van der Waals surface area contributed by atoms with Gasteiger partial charge in [-0.25, -0.2) is 0 Å². The van der Waals surface area contributed by atoms with Crippen LogP contribution >= 0.6 is 0 Å². The lowest BCUT2D eigenvalue weighted by Crippen LogP contribution is -2.02. The second kappa shape index (κ2) is 17.7. The smallest absolute Gasteiger partial charge is 0.0493 e. The Kier molecular flexibility index (Phi) is 17.4. The summed E-state index contributed by atoms with van der Waals surface area (Å²) in [6.07, 6.45) is 20.5. The van der Waals surface area contributed by atoms with Gasteiger partial charge >= 0.3 is 0 Å². The lowest BCUT2D eigenvalue weighted by Gasteiger charge is -2.09. The number of rotatable bonds is 16. The maximum atomic E-state index is 9.39. The molecule has 0 aromatic carbocycles. The molecule has 0 rings (SSSR count). The summed E-state index contributed by atoms with van der Waals surface area (Å²) in [6, 6.07) is 0. The fraction of sp³-hybridized carbons (Fsp3) is 0.895. The molecule has 2 nitrogen and oxygen atoms in total. The van der Waals surface area contributed by atoms with Crippen molar-refractivity contribution in [2.24, 2.45) is 5.92 Å². The molecule has 0 aliphatic rings. The van der Waals surface area contributed by atoms with Crippen LogP contribution < -0.4 is 0 Å². The number of aliphatic hydroxyl groups excluding tert-OH is 2. The number of allylic oxidation sites excluding steroid dienone is 1. The quantitative estimate of drug-likeness (QED) is 0.302. The summed E-state index contributed by atoms with van der Waals surface area (Å²) < 4.78 is 0. The molecule has 0 aromatic rings. The second-order valence-corrected chi connectivity index (χ2v) is 6.21. The molecule has 126 valence electrons. The van der Waals surface area contributed by atoms with Crippen LogP contribution in [0.4, 0.5) is 0 Å². The Morgan fingerprint density at radius 2 is 1.38 bits per heavy atom. The van der Waals surface area contributed by atoms with Gasteiger partial charge in [0.2, 0.25) is 0 Å². The van der Waals surface area contributed by atoms with Crippen LogP contribution in [0.2, 0.25) is 0 Å². The van der Waals surface area contributed by atoms with Crippen molar-refractivity contribution in [3.05, 3.63) is 12.2 Å². The minimum atomic E-state index is 0.294. The molecule has 0 spiro atoms. The Labute approximate surface area is 132 Å². The van der Waals surface area contributed by atoms with E-state index >= 15 is 0 Å². The third-order valence-electron chi connectivity index (χ3n) is 4.10. The van der Waals surface area contributed by atoms with E-state index in [1.807, 2.05) is 0 Å². The molecule has 2 heteroatoms. The molecular formula is C19H38O2. The van der Waals surface area contributed by atoms with Gasteiger partial charge in [-0.1, -0.05) is 76.9 Å². The number of unbranched alkanes of at least 4 members (excludes halogenated alkanes) is 10. The van der Waals surface area contributed by atoms with E-state index in [0.29, 0.717) is 19.1 Å². The fourth-order valence-corrected chi connectivity index (χ4v) is 2.63. The molecule has 1 unspecified atom stereocenters. The monoisotopic (exact) mass is 298 g/mol. The van der Waals surface area contributed by atoms with Gasteiger partial charge in [0.05, 0.1) is 0 Å². The third-order valence-corrected chi connectivity index (χ3v) is 4.10. The summed E-state index contributed by atoms with van der Waals surface area (Å²) >= 11 is 0. The predicted molar refractivity (Wildman–Crippen MR) is 92.5 cm³/mol. The van der Waals surface area contributed by atoms with Gasteiger partial charge < -0.3 is 10.2 Å². The number of hydrogen-bond donors (Lipinski definition) is 2. The van der Waals surface area contributed by atoms with Gasteiger partial charge in [-0.3, -0.25) is 0 Å². The molecule has 1 atom stereocenters. The van der Waals surface area contributed by atoms with E-state index in [1.54, 1.807) is 0 Å². The van der Waals surface area contributed by atoms with Crippen LogP contribution in [0.15, 0.2) is 12.2 Å². The molecule has 2 N–H and O–H groups in total. The van der Waals surface area contributed by atoms with E-state index in [-0.39, 0.29) is 0 Å². The zero-order chi connectivity index (χ0) is 15.6. The minimum Gasteiger partial charge on any atom is -0.396 e. The molecule has 0 saturated heterocycles. The Bertz CT molecular complexity index is 214. The molecule has 21 heavy (non-hydrogen) atoms. The Morgan fingerprint density at radius 1 is 0.762 bits per heavy atom. The maximum absolute atomic E-state index is 9.39. The summed E-state index contributed by atoms with van der Waals surface area (Å²) in [4.78, 5) is 0. The molecule has 0 radical (unpaired) electrons. The van der Waals surface area contributed by atoms with Crippen molar-refractivity contribution in [3.63, 3.8) is 0 Å². The van der Waals surface area contributed by atoms with Crippen LogP contribution in [-0.2, 0) is 0 Å². The zero-order valence-corrected chi connectivity index (χ0v) is 14.2. The molecule has 0 aliphatic heterocycles. The highest BCUT2D eigenvalue weighted by molar-refractivity contribution is 4.88. The van der Waals surface area contributed by atoms with Crippen LogP contribution in [-0.4, -0.2) is 23.4 Å². The van der Waals surface area contributed by atoms with E-state index in [9.17, 15) is 5.11 Å². The van der Waals surface area contributed by atoms with Gasteiger partial charge in [-0.15, -0.1) is 0 Å². The van der Waals surface area contributed by atoms with Crippen LogP contribution in [0.5, 0.6) is 0 Å². The first-order chi connectivity index (χ1) is 10.3. The molecule has 0 aliphatic carbocycles. The summed E-state index contributed by atoms with van der Waals surface area (Å²) in [5.74, 6) is 0.366. The molecular weight excluding hydrogens is 260 g/mol. The zero-order valence-electron chi connectivity index (χ0n) is 14.2. The van der Waals surface area contributed by atoms with Gasteiger partial charge in [0.15, 0.2) is 0 Å². The molecule has 0 amide bonds. The van der Waals surface area contributed by atoms with Gasteiger partial charge in [0.25, 0.3) is 0 Å². The SMILES string of the molecule is CCCCCCCCC(/C=C/CCCCCCCO)CO. The highest BCUT2D eigenvalue weighted by Gasteiger charge is 2.02. The maximum Gasteiger partial charge on any atom is 0.0493 e. The Hall–Kier alpha value is -0.340. The number of aliphatic hydroxyl groups is 2. The van der Waals surface area contributed by atoms with E-state index < -0.39 is 0 Å². The summed E-state index contributed by atoms with van der Waals surface area (Å²) in [7, 11) is 0. The highest BCUT2D eigenvalue weighted by Crippen LogP contribution is 2.14. The summed E-state index contributed by atoms with van der Waals surface area (Å²) in [5.41, 5.74) is 0. The lowest BCUT2D eigenvalue weighted by atomic mass is 9.99. The average Bonchev–Trinajstić information content (AvgIpc) is 2.51. The standard InChI is InChI=1S/C19H38O2/c1-2-3-4-5-9-12-15-19(18-21)16-13-10-7-6-8-11-14-17-20/h13,16,19-21H,2-12,14-15,17-18H2,1H3/b16-13+. The Balaban J connectivity index is 3.43. The first-order valence-corrected chi connectivity index (χ1v) is 9.23.